The number of benzene rings is 2. The van der Waals surface area contributed by atoms with Gasteiger partial charge in [0.1, 0.15) is 11.6 Å². The van der Waals surface area contributed by atoms with Crippen LogP contribution < -0.4 is 10.6 Å². The molecule has 0 aliphatic carbocycles. The zero-order valence-electron chi connectivity index (χ0n) is 18.2. The van der Waals surface area contributed by atoms with Gasteiger partial charge in [-0.05, 0) is 44.0 Å². The third kappa shape index (κ3) is 8.34. The van der Waals surface area contributed by atoms with E-state index in [1.807, 2.05) is 42.5 Å². The molecule has 2 aromatic carbocycles. The fraction of sp³-hybridized carbons (Fsp3) is 0.292. The van der Waals surface area contributed by atoms with Gasteiger partial charge in [0.05, 0.1) is 13.7 Å². The van der Waals surface area contributed by atoms with Gasteiger partial charge in [-0.1, -0.05) is 54.6 Å². The predicted molar refractivity (Wildman–Crippen MR) is 119 cm³/mol. The topological polar surface area (TPSA) is 93.7 Å². The second kappa shape index (κ2) is 11.0. The Kier molecular flexibility index (Phi) is 8.37. The summed E-state index contributed by atoms with van der Waals surface area (Å²) in [6, 6.07) is 15.8. The fourth-order valence-corrected chi connectivity index (χ4v) is 2.58. The van der Waals surface area contributed by atoms with Gasteiger partial charge >= 0.3 is 12.1 Å². The number of rotatable bonds is 7. The zero-order valence-corrected chi connectivity index (χ0v) is 18.2. The number of alkyl carbamates (subject to hydrolysis) is 1. The van der Waals surface area contributed by atoms with Crippen LogP contribution in [0.3, 0.4) is 0 Å². The van der Waals surface area contributed by atoms with Crippen LogP contribution in [0.5, 0.6) is 0 Å². The maximum Gasteiger partial charge on any atom is 0.407 e. The number of methoxy groups -OCH3 is 1. The van der Waals surface area contributed by atoms with Gasteiger partial charge < -0.3 is 20.1 Å². The van der Waals surface area contributed by atoms with Crippen molar-refractivity contribution in [2.45, 2.75) is 32.4 Å². The van der Waals surface area contributed by atoms with Crippen molar-refractivity contribution in [3.05, 3.63) is 71.3 Å². The molecule has 2 rings (SSSR count). The Morgan fingerprint density at radius 2 is 1.52 bits per heavy atom. The molecule has 31 heavy (non-hydrogen) atoms. The largest absolute Gasteiger partial charge is 0.467 e. The van der Waals surface area contributed by atoms with E-state index >= 15 is 0 Å². The van der Waals surface area contributed by atoms with Gasteiger partial charge in [-0.15, -0.1) is 0 Å². The van der Waals surface area contributed by atoms with Crippen LogP contribution in [-0.4, -0.2) is 43.3 Å². The van der Waals surface area contributed by atoms with Gasteiger partial charge in [-0.2, -0.15) is 0 Å². The lowest BCUT2D eigenvalue weighted by molar-refractivity contribution is -0.142. The van der Waals surface area contributed by atoms with Crippen LogP contribution in [0.15, 0.2) is 54.6 Å². The van der Waals surface area contributed by atoms with E-state index < -0.39 is 29.6 Å². The number of ether oxygens (including phenoxy) is 2. The second-order valence-corrected chi connectivity index (χ2v) is 7.80. The van der Waals surface area contributed by atoms with E-state index in [1.165, 1.54) is 7.11 Å². The highest BCUT2D eigenvalue weighted by Gasteiger charge is 2.24. The van der Waals surface area contributed by atoms with Crippen molar-refractivity contribution in [2.24, 2.45) is 0 Å². The summed E-state index contributed by atoms with van der Waals surface area (Å²) in [6.45, 7) is 5.02. The number of hydrogen-bond acceptors (Lipinski definition) is 5. The molecule has 0 aromatic heterocycles. The second-order valence-electron chi connectivity index (χ2n) is 7.80. The minimum absolute atomic E-state index is 0.161. The molecule has 0 spiro atoms. The average molecular weight is 424 g/mol. The summed E-state index contributed by atoms with van der Waals surface area (Å²) in [6.07, 6.45) is 3.23. The minimum Gasteiger partial charge on any atom is -0.467 e. The van der Waals surface area contributed by atoms with E-state index in [0.717, 1.165) is 11.1 Å². The zero-order chi connectivity index (χ0) is 22.9. The Balaban J connectivity index is 1.98. The molecular formula is C24H28N2O5. The summed E-state index contributed by atoms with van der Waals surface area (Å²) in [7, 11) is 1.21. The van der Waals surface area contributed by atoms with Crippen molar-refractivity contribution in [1.29, 1.82) is 0 Å². The summed E-state index contributed by atoms with van der Waals surface area (Å²) < 4.78 is 9.86. The van der Waals surface area contributed by atoms with Crippen LogP contribution >= 0.6 is 0 Å². The Morgan fingerprint density at radius 3 is 2.06 bits per heavy atom. The van der Waals surface area contributed by atoms with Crippen molar-refractivity contribution in [2.75, 3.05) is 13.7 Å². The molecule has 164 valence electrons. The lowest BCUT2D eigenvalue weighted by Gasteiger charge is -2.21. The van der Waals surface area contributed by atoms with Gasteiger partial charge in [0, 0.05) is 5.56 Å². The summed E-state index contributed by atoms with van der Waals surface area (Å²) in [5.74, 6) is -1.13. The van der Waals surface area contributed by atoms with E-state index in [-0.39, 0.29) is 6.54 Å². The average Bonchev–Trinajstić information content (AvgIpc) is 2.74. The SMILES string of the molecule is COC(=O)[C@H](CNC(=O)OC(C)(C)C)NC(=O)c1ccc(/C=C/c2ccccc2)cc1. The van der Waals surface area contributed by atoms with Gasteiger partial charge in [0.2, 0.25) is 0 Å². The number of carbonyl (C=O) groups is 3. The fourth-order valence-electron chi connectivity index (χ4n) is 2.58. The Labute approximate surface area is 182 Å². The quantitative estimate of drug-likeness (QED) is 0.523. The van der Waals surface area contributed by atoms with Gasteiger partial charge in [0.25, 0.3) is 5.91 Å². The molecule has 0 saturated carbocycles. The highest BCUT2D eigenvalue weighted by atomic mass is 16.6. The number of carbonyl (C=O) groups excluding carboxylic acids is 3. The normalized spacial score (nSPS) is 12.1. The van der Waals surface area contributed by atoms with Crippen molar-refractivity contribution < 1.29 is 23.9 Å². The first-order valence-electron chi connectivity index (χ1n) is 9.86. The maximum atomic E-state index is 12.6. The van der Waals surface area contributed by atoms with Crippen molar-refractivity contribution in [3.8, 4) is 0 Å². The van der Waals surface area contributed by atoms with Crippen LogP contribution in [0.25, 0.3) is 12.2 Å². The van der Waals surface area contributed by atoms with Crippen LogP contribution in [-0.2, 0) is 14.3 Å². The third-order valence-corrected chi connectivity index (χ3v) is 4.08. The molecular weight excluding hydrogens is 396 g/mol. The Bertz CT molecular complexity index is 915. The van der Waals surface area contributed by atoms with E-state index in [1.54, 1.807) is 45.0 Å². The van der Waals surface area contributed by atoms with Crippen LogP contribution in [0.4, 0.5) is 4.79 Å². The molecule has 7 heteroatoms. The highest BCUT2D eigenvalue weighted by molar-refractivity contribution is 5.97. The van der Waals surface area contributed by atoms with Gasteiger partial charge in [-0.3, -0.25) is 4.79 Å². The van der Waals surface area contributed by atoms with E-state index in [9.17, 15) is 14.4 Å². The van der Waals surface area contributed by atoms with Crippen LogP contribution in [0, 0.1) is 0 Å². The molecule has 0 unspecified atom stereocenters. The standard InChI is InChI=1S/C24H28N2O5/c1-24(2,3)31-23(29)25-16-20(22(28)30-4)26-21(27)19-14-12-18(13-15-19)11-10-17-8-6-5-7-9-17/h5-15,20H,16H2,1-4H3,(H,25,29)(H,26,27)/b11-10+/t20-/m0/s1. The first-order valence-corrected chi connectivity index (χ1v) is 9.86. The van der Waals surface area contributed by atoms with E-state index in [4.69, 9.17) is 9.47 Å². The van der Waals surface area contributed by atoms with Crippen molar-refractivity contribution in [3.63, 3.8) is 0 Å². The number of esters is 1. The van der Waals surface area contributed by atoms with E-state index in [0.29, 0.717) is 5.56 Å². The molecule has 2 N–H and O–H groups in total. The Hall–Kier alpha value is -3.61. The number of amides is 2. The monoisotopic (exact) mass is 424 g/mol. The molecule has 7 nitrogen and oxygen atoms in total. The molecule has 0 saturated heterocycles. The molecule has 0 bridgehead atoms. The summed E-state index contributed by atoms with van der Waals surface area (Å²) >= 11 is 0. The summed E-state index contributed by atoms with van der Waals surface area (Å²) in [5.41, 5.74) is 1.70. The molecule has 0 heterocycles. The van der Waals surface area contributed by atoms with Gasteiger partial charge in [-0.25, -0.2) is 9.59 Å². The van der Waals surface area contributed by atoms with Crippen LogP contribution in [0.2, 0.25) is 0 Å². The molecule has 2 amide bonds. The van der Waals surface area contributed by atoms with E-state index in [2.05, 4.69) is 10.6 Å². The summed E-state index contributed by atoms with van der Waals surface area (Å²) in [4.78, 5) is 36.4. The van der Waals surface area contributed by atoms with Crippen molar-refractivity contribution in [1.82, 2.24) is 10.6 Å². The lowest BCUT2D eigenvalue weighted by Crippen LogP contribution is -2.49. The highest BCUT2D eigenvalue weighted by Crippen LogP contribution is 2.10. The minimum atomic E-state index is -1.05. The number of nitrogens with one attached hydrogen (secondary N) is 2. The molecule has 0 radical (unpaired) electrons. The Morgan fingerprint density at radius 1 is 0.935 bits per heavy atom. The van der Waals surface area contributed by atoms with Crippen molar-refractivity contribution >= 4 is 30.1 Å². The predicted octanol–water partition coefficient (Wildman–Crippen LogP) is 3.65. The maximum absolute atomic E-state index is 12.6. The number of hydrogen-bond donors (Lipinski definition) is 2. The van der Waals surface area contributed by atoms with Crippen LogP contribution in [0.1, 0.15) is 42.3 Å². The first-order chi connectivity index (χ1) is 14.7. The molecule has 1 atom stereocenters. The van der Waals surface area contributed by atoms with Gasteiger partial charge in [0.15, 0.2) is 0 Å². The molecule has 0 fully saturated rings. The third-order valence-electron chi connectivity index (χ3n) is 4.08. The molecule has 0 aliphatic heterocycles. The first kappa shape index (κ1) is 23.7. The smallest absolute Gasteiger partial charge is 0.407 e. The summed E-state index contributed by atoms with van der Waals surface area (Å²) in [5, 5.41) is 5.04. The molecule has 0 aliphatic rings. The molecule has 2 aromatic rings. The lowest BCUT2D eigenvalue weighted by atomic mass is 10.1.